The molecule has 7 heteroatoms. The molecule has 2 rings (SSSR count). The van der Waals surface area contributed by atoms with Gasteiger partial charge in [0.15, 0.2) is 0 Å². The van der Waals surface area contributed by atoms with Crippen LogP contribution in [0.5, 0.6) is 0 Å². The van der Waals surface area contributed by atoms with Gasteiger partial charge in [-0.2, -0.15) is 0 Å². The highest BCUT2D eigenvalue weighted by molar-refractivity contribution is 5.79. The molecule has 4 N–H and O–H groups in total. The van der Waals surface area contributed by atoms with Crippen molar-refractivity contribution < 1.29 is 34.7 Å². The van der Waals surface area contributed by atoms with E-state index < -0.39 is 24.4 Å². The molecular formula is C15H26O7. The quantitative estimate of drug-likeness (QED) is 0.460. The van der Waals surface area contributed by atoms with Crippen LogP contribution >= 0.6 is 0 Å². The van der Waals surface area contributed by atoms with Gasteiger partial charge in [0, 0.05) is 12.8 Å². The highest BCUT2D eigenvalue weighted by atomic mass is 16.5. The van der Waals surface area contributed by atoms with Gasteiger partial charge in [-0.05, 0) is 25.7 Å². The molecule has 2 heterocycles. The van der Waals surface area contributed by atoms with Gasteiger partial charge in [0.1, 0.15) is 5.78 Å². The van der Waals surface area contributed by atoms with Crippen LogP contribution in [0.25, 0.3) is 0 Å². The van der Waals surface area contributed by atoms with Crippen molar-refractivity contribution in [3.05, 3.63) is 0 Å². The highest BCUT2D eigenvalue weighted by Gasteiger charge is 2.34. The largest absolute Gasteiger partial charge is 0.394 e. The molecule has 6 unspecified atom stereocenters. The number of ether oxygens (including phenoxy) is 2. The third-order valence-electron chi connectivity index (χ3n) is 4.42. The maximum Gasteiger partial charge on any atom is 0.138 e. The number of aliphatic hydroxyl groups is 4. The lowest BCUT2D eigenvalue weighted by atomic mass is 9.99. The van der Waals surface area contributed by atoms with E-state index in [0.29, 0.717) is 25.7 Å². The molecule has 2 saturated heterocycles. The van der Waals surface area contributed by atoms with E-state index in [1.807, 2.05) is 0 Å². The highest BCUT2D eigenvalue weighted by Crippen LogP contribution is 2.26. The topological polar surface area (TPSA) is 116 Å². The molecule has 0 spiro atoms. The number of aliphatic hydroxyl groups excluding tert-OH is 4. The molecule has 0 aromatic carbocycles. The SMILES string of the molecule is O=C(CC(O)C1CCC(CO)O1)CC(O)C1CCC(CO)O1. The lowest BCUT2D eigenvalue weighted by Crippen LogP contribution is -2.33. The zero-order valence-corrected chi connectivity index (χ0v) is 12.6. The average molecular weight is 318 g/mol. The molecule has 0 aliphatic carbocycles. The smallest absolute Gasteiger partial charge is 0.138 e. The van der Waals surface area contributed by atoms with Crippen LogP contribution in [-0.2, 0) is 14.3 Å². The Kier molecular flexibility index (Phi) is 6.73. The zero-order chi connectivity index (χ0) is 16.1. The minimum absolute atomic E-state index is 0.0734. The summed E-state index contributed by atoms with van der Waals surface area (Å²) in [4.78, 5) is 11.9. The molecule has 7 nitrogen and oxygen atoms in total. The normalized spacial score (nSPS) is 34.7. The van der Waals surface area contributed by atoms with Crippen molar-refractivity contribution in [1.29, 1.82) is 0 Å². The standard InChI is InChI=1S/C15H26O7/c16-7-10-1-3-14(21-10)12(19)5-9(18)6-13(20)15-4-2-11(8-17)22-15/h10-17,19-20H,1-8H2. The summed E-state index contributed by atoms with van der Waals surface area (Å²) < 4.78 is 10.9. The van der Waals surface area contributed by atoms with Crippen LogP contribution in [0.3, 0.4) is 0 Å². The number of rotatable bonds is 8. The zero-order valence-electron chi connectivity index (χ0n) is 12.6. The van der Waals surface area contributed by atoms with Crippen molar-refractivity contribution in [3.8, 4) is 0 Å². The van der Waals surface area contributed by atoms with Gasteiger partial charge < -0.3 is 29.9 Å². The Labute approximate surface area is 129 Å². The van der Waals surface area contributed by atoms with Gasteiger partial charge in [-0.25, -0.2) is 0 Å². The number of hydrogen-bond donors (Lipinski definition) is 4. The van der Waals surface area contributed by atoms with Crippen molar-refractivity contribution >= 4 is 5.78 Å². The number of hydrogen-bond acceptors (Lipinski definition) is 7. The summed E-state index contributed by atoms with van der Waals surface area (Å²) in [7, 11) is 0. The minimum atomic E-state index is -0.911. The number of Topliss-reactive ketones (excluding diaryl/α,β-unsaturated/α-hetero) is 1. The first kappa shape index (κ1) is 17.8. The molecule has 0 radical (unpaired) electrons. The lowest BCUT2D eigenvalue weighted by molar-refractivity contribution is -0.128. The van der Waals surface area contributed by atoms with Crippen molar-refractivity contribution in [2.75, 3.05) is 13.2 Å². The van der Waals surface area contributed by atoms with Crippen molar-refractivity contribution in [2.24, 2.45) is 0 Å². The van der Waals surface area contributed by atoms with Crippen LogP contribution in [0.2, 0.25) is 0 Å². The Morgan fingerprint density at radius 2 is 1.27 bits per heavy atom. The van der Waals surface area contributed by atoms with Crippen molar-refractivity contribution in [2.45, 2.75) is 75.1 Å². The summed E-state index contributed by atoms with van der Waals surface area (Å²) >= 11 is 0. The van der Waals surface area contributed by atoms with Gasteiger partial charge in [-0.1, -0.05) is 0 Å². The van der Waals surface area contributed by atoms with Crippen LogP contribution in [0.1, 0.15) is 38.5 Å². The van der Waals surface area contributed by atoms with E-state index in [1.54, 1.807) is 0 Å². The van der Waals surface area contributed by atoms with E-state index >= 15 is 0 Å². The van der Waals surface area contributed by atoms with Crippen molar-refractivity contribution in [1.82, 2.24) is 0 Å². The van der Waals surface area contributed by atoms with Gasteiger partial charge in [-0.15, -0.1) is 0 Å². The molecule has 2 fully saturated rings. The first-order valence-corrected chi connectivity index (χ1v) is 7.94. The summed E-state index contributed by atoms with van der Waals surface area (Å²) in [5, 5.41) is 38.0. The molecule has 2 aliphatic rings. The predicted octanol–water partition coefficient (Wildman–Crippen LogP) is -0.863. The average Bonchev–Trinajstić information content (AvgIpc) is 3.16. The Morgan fingerprint density at radius 1 is 0.864 bits per heavy atom. The third kappa shape index (κ3) is 4.71. The lowest BCUT2D eigenvalue weighted by Gasteiger charge is -2.21. The van der Waals surface area contributed by atoms with Crippen LogP contribution in [-0.4, -0.2) is 76.0 Å². The Balaban J connectivity index is 1.71. The second-order valence-electron chi connectivity index (χ2n) is 6.19. The maximum absolute atomic E-state index is 11.9. The van der Waals surface area contributed by atoms with Crippen LogP contribution < -0.4 is 0 Å². The fourth-order valence-electron chi connectivity index (χ4n) is 3.11. The molecular weight excluding hydrogens is 292 g/mol. The molecule has 0 bridgehead atoms. The van der Waals surface area contributed by atoms with E-state index in [4.69, 9.17) is 19.7 Å². The van der Waals surface area contributed by atoms with E-state index in [2.05, 4.69) is 0 Å². The Bertz CT molecular complexity index is 330. The Hall–Kier alpha value is -0.570. The third-order valence-corrected chi connectivity index (χ3v) is 4.42. The summed E-state index contributed by atoms with van der Waals surface area (Å²) in [6.07, 6.45) is -0.771. The number of carbonyl (C=O) groups excluding carboxylic acids is 1. The van der Waals surface area contributed by atoms with Gasteiger partial charge in [0.05, 0.1) is 49.8 Å². The van der Waals surface area contributed by atoms with Gasteiger partial charge in [0.25, 0.3) is 0 Å². The van der Waals surface area contributed by atoms with E-state index in [9.17, 15) is 15.0 Å². The first-order valence-electron chi connectivity index (χ1n) is 7.94. The second kappa shape index (κ2) is 8.33. The molecule has 6 atom stereocenters. The van der Waals surface area contributed by atoms with Crippen LogP contribution in [0, 0.1) is 0 Å². The molecule has 0 amide bonds. The fraction of sp³-hybridized carbons (Fsp3) is 0.933. The van der Waals surface area contributed by atoms with E-state index in [-0.39, 0.29) is 44.0 Å². The van der Waals surface area contributed by atoms with E-state index in [1.165, 1.54) is 0 Å². The van der Waals surface area contributed by atoms with Crippen LogP contribution in [0.15, 0.2) is 0 Å². The fourth-order valence-corrected chi connectivity index (χ4v) is 3.11. The van der Waals surface area contributed by atoms with Gasteiger partial charge in [0.2, 0.25) is 0 Å². The van der Waals surface area contributed by atoms with Crippen molar-refractivity contribution in [3.63, 3.8) is 0 Å². The number of carbonyl (C=O) groups is 1. The van der Waals surface area contributed by atoms with Gasteiger partial charge >= 0.3 is 0 Å². The molecule has 0 aromatic rings. The summed E-state index contributed by atoms with van der Waals surface area (Å²) in [5.74, 6) is -0.243. The first-order chi connectivity index (χ1) is 10.5. The number of ketones is 1. The monoisotopic (exact) mass is 318 g/mol. The maximum atomic E-state index is 11.9. The summed E-state index contributed by atoms with van der Waals surface area (Å²) in [5.41, 5.74) is 0. The Morgan fingerprint density at radius 3 is 1.59 bits per heavy atom. The summed E-state index contributed by atoms with van der Waals surface area (Å²) in [6.45, 7) is -0.165. The molecule has 0 saturated carbocycles. The molecule has 0 aromatic heterocycles. The second-order valence-corrected chi connectivity index (χ2v) is 6.19. The predicted molar refractivity (Wildman–Crippen MR) is 76.2 cm³/mol. The van der Waals surface area contributed by atoms with E-state index in [0.717, 1.165) is 0 Å². The van der Waals surface area contributed by atoms with Crippen LogP contribution in [0.4, 0.5) is 0 Å². The molecule has 128 valence electrons. The molecule has 22 heavy (non-hydrogen) atoms. The summed E-state index contributed by atoms with van der Waals surface area (Å²) in [6, 6.07) is 0. The molecule has 2 aliphatic heterocycles. The minimum Gasteiger partial charge on any atom is -0.394 e. The van der Waals surface area contributed by atoms with Gasteiger partial charge in [-0.3, -0.25) is 4.79 Å².